The molecule has 0 saturated carbocycles. The van der Waals surface area contributed by atoms with Gasteiger partial charge in [0.2, 0.25) is 0 Å². The Morgan fingerprint density at radius 2 is 1.61 bits per heavy atom. The van der Waals surface area contributed by atoms with Crippen LogP contribution in [0.15, 0.2) is 84.0 Å². The van der Waals surface area contributed by atoms with Crippen LogP contribution < -0.4 is 19.5 Å². The molecule has 9 nitrogen and oxygen atoms in total. The van der Waals surface area contributed by atoms with Gasteiger partial charge in [-0.05, 0) is 100 Å². The molecular weight excluding hydrogens is 538 g/mol. The van der Waals surface area contributed by atoms with Crippen molar-refractivity contribution in [2.24, 2.45) is 5.92 Å². The molecule has 0 spiro atoms. The number of sulfonamides is 1. The lowest BCUT2D eigenvalue weighted by Gasteiger charge is -2.28. The van der Waals surface area contributed by atoms with E-state index in [-0.39, 0.29) is 4.90 Å². The molecule has 0 bridgehead atoms. The topological polar surface area (TPSA) is 106 Å². The van der Waals surface area contributed by atoms with Gasteiger partial charge in [-0.15, -0.1) is 0 Å². The fraction of sp³-hybridized carbons (Fsp3) is 0.290. The number of nitrogens with zero attached hydrogens (tertiary/aromatic N) is 3. The predicted octanol–water partition coefficient (Wildman–Crippen LogP) is 5.73. The molecular formula is C31H35N5O4S. The van der Waals surface area contributed by atoms with E-state index in [9.17, 15) is 8.42 Å². The fourth-order valence-electron chi connectivity index (χ4n) is 4.67. The van der Waals surface area contributed by atoms with E-state index in [1.165, 1.54) is 6.33 Å². The van der Waals surface area contributed by atoms with Crippen molar-refractivity contribution in [1.82, 2.24) is 14.9 Å². The Morgan fingerprint density at radius 1 is 0.902 bits per heavy atom. The summed E-state index contributed by atoms with van der Waals surface area (Å²) in [6.45, 7) is 4.80. The first-order valence-corrected chi connectivity index (χ1v) is 15.1. The van der Waals surface area contributed by atoms with Crippen molar-refractivity contribution >= 4 is 27.2 Å². The van der Waals surface area contributed by atoms with E-state index in [2.05, 4.69) is 32.0 Å². The van der Waals surface area contributed by atoms with E-state index in [0.29, 0.717) is 29.8 Å². The zero-order valence-corrected chi connectivity index (χ0v) is 24.3. The number of hydrogen-bond acceptors (Lipinski definition) is 8. The minimum Gasteiger partial charge on any atom is -0.493 e. The minimum atomic E-state index is -3.67. The molecule has 2 heterocycles. The number of hydrogen-bond donors (Lipinski definition) is 2. The lowest BCUT2D eigenvalue weighted by molar-refractivity contribution is 0.157. The summed E-state index contributed by atoms with van der Waals surface area (Å²) in [6, 6.07) is 21.4. The number of nitrogens with one attached hydrogen (secondary N) is 2. The molecule has 41 heavy (non-hydrogen) atoms. The molecule has 0 radical (unpaired) electrons. The van der Waals surface area contributed by atoms with E-state index in [0.717, 1.165) is 54.2 Å². The van der Waals surface area contributed by atoms with Crippen LogP contribution in [0.25, 0.3) is 11.3 Å². The van der Waals surface area contributed by atoms with Crippen LogP contribution >= 0.6 is 0 Å². The minimum absolute atomic E-state index is 0.215. The maximum Gasteiger partial charge on any atom is 0.261 e. The van der Waals surface area contributed by atoms with E-state index >= 15 is 0 Å². The third kappa shape index (κ3) is 7.33. The Bertz CT molecular complexity index is 1570. The van der Waals surface area contributed by atoms with Crippen LogP contribution in [0.4, 0.5) is 17.2 Å². The summed E-state index contributed by atoms with van der Waals surface area (Å²) in [4.78, 5) is 11.4. The normalized spacial score (nSPS) is 14.4. The van der Waals surface area contributed by atoms with E-state index in [4.69, 9.17) is 9.47 Å². The molecule has 0 atom stereocenters. The zero-order chi connectivity index (χ0) is 28.8. The molecule has 1 saturated heterocycles. The van der Waals surface area contributed by atoms with Crippen molar-refractivity contribution in [2.45, 2.75) is 24.7 Å². The molecule has 3 aromatic carbocycles. The second-order valence-electron chi connectivity index (χ2n) is 10.3. The van der Waals surface area contributed by atoms with Gasteiger partial charge in [0.1, 0.15) is 12.1 Å². The largest absolute Gasteiger partial charge is 0.493 e. The highest BCUT2D eigenvalue weighted by Gasteiger charge is 2.18. The summed E-state index contributed by atoms with van der Waals surface area (Å²) in [7, 11) is 0.123. The summed E-state index contributed by atoms with van der Waals surface area (Å²) < 4.78 is 39.7. The number of piperidine rings is 1. The van der Waals surface area contributed by atoms with Crippen molar-refractivity contribution in [1.29, 1.82) is 0 Å². The number of aromatic nitrogens is 2. The first kappa shape index (κ1) is 28.4. The molecule has 214 valence electrons. The van der Waals surface area contributed by atoms with Crippen LogP contribution in [0.2, 0.25) is 0 Å². The third-order valence-electron chi connectivity index (χ3n) is 7.18. The average molecular weight is 574 g/mol. The lowest BCUT2D eigenvalue weighted by Crippen LogP contribution is -2.32. The number of ether oxygens (including phenoxy) is 2. The van der Waals surface area contributed by atoms with Gasteiger partial charge >= 0.3 is 0 Å². The van der Waals surface area contributed by atoms with Gasteiger partial charge in [-0.25, -0.2) is 18.4 Å². The summed E-state index contributed by atoms with van der Waals surface area (Å²) in [5.41, 5.74) is 3.81. The highest BCUT2D eigenvalue weighted by atomic mass is 32.2. The van der Waals surface area contributed by atoms with Crippen LogP contribution in [-0.4, -0.2) is 57.1 Å². The van der Waals surface area contributed by atoms with E-state index in [1.807, 2.05) is 31.2 Å². The second-order valence-corrected chi connectivity index (χ2v) is 12.0. The molecule has 2 N–H and O–H groups in total. The number of likely N-dealkylation sites (tertiary alicyclic amines) is 1. The molecule has 4 aromatic rings. The highest BCUT2D eigenvalue weighted by molar-refractivity contribution is 7.92. The Balaban J connectivity index is 1.23. The molecule has 0 aliphatic carbocycles. The van der Waals surface area contributed by atoms with Gasteiger partial charge in [0.15, 0.2) is 11.5 Å². The molecule has 0 amide bonds. The summed E-state index contributed by atoms with van der Waals surface area (Å²) in [5, 5.41) is 3.25. The van der Waals surface area contributed by atoms with Crippen molar-refractivity contribution in [3.8, 4) is 22.8 Å². The number of rotatable bonds is 10. The van der Waals surface area contributed by atoms with Crippen molar-refractivity contribution in [3.63, 3.8) is 0 Å². The average Bonchev–Trinajstić information content (AvgIpc) is 2.98. The predicted molar refractivity (Wildman–Crippen MR) is 161 cm³/mol. The molecule has 5 rings (SSSR count). The molecule has 1 aliphatic heterocycles. The van der Waals surface area contributed by atoms with E-state index < -0.39 is 10.0 Å². The quantitative estimate of drug-likeness (QED) is 0.248. The van der Waals surface area contributed by atoms with Crippen molar-refractivity contribution in [3.05, 3.63) is 84.7 Å². The van der Waals surface area contributed by atoms with Crippen LogP contribution in [0, 0.1) is 12.8 Å². The number of anilines is 3. The smallest absolute Gasteiger partial charge is 0.261 e. The van der Waals surface area contributed by atoms with E-state index in [1.54, 1.807) is 55.6 Å². The maximum atomic E-state index is 12.7. The Hall–Kier alpha value is -4.15. The van der Waals surface area contributed by atoms with Crippen molar-refractivity contribution < 1.29 is 17.9 Å². The number of methoxy groups -OCH3 is 1. The number of benzene rings is 3. The Labute approximate surface area is 241 Å². The molecule has 0 unspecified atom stereocenters. The van der Waals surface area contributed by atoms with Gasteiger partial charge in [-0.1, -0.05) is 17.7 Å². The zero-order valence-electron chi connectivity index (χ0n) is 23.5. The van der Waals surface area contributed by atoms with Gasteiger partial charge in [0.25, 0.3) is 10.0 Å². The second kappa shape index (κ2) is 12.6. The van der Waals surface area contributed by atoms with Gasteiger partial charge < -0.3 is 19.7 Å². The summed E-state index contributed by atoms with van der Waals surface area (Å²) in [5.74, 6) is 2.53. The number of aryl methyl sites for hydroxylation is 1. The molecule has 1 fully saturated rings. The monoisotopic (exact) mass is 573 g/mol. The Morgan fingerprint density at radius 3 is 2.32 bits per heavy atom. The fourth-order valence-corrected chi connectivity index (χ4v) is 5.73. The summed E-state index contributed by atoms with van der Waals surface area (Å²) in [6.07, 6.45) is 3.78. The Kier molecular flexibility index (Phi) is 8.70. The van der Waals surface area contributed by atoms with Crippen LogP contribution in [-0.2, 0) is 10.0 Å². The van der Waals surface area contributed by atoms with Crippen LogP contribution in [0.1, 0.15) is 18.4 Å². The van der Waals surface area contributed by atoms with Gasteiger partial charge in [-0.2, -0.15) is 0 Å². The van der Waals surface area contributed by atoms with Gasteiger partial charge in [0.05, 0.1) is 24.3 Å². The first-order chi connectivity index (χ1) is 19.8. The molecule has 1 aliphatic rings. The van der Waals surface area contributed by atoms with Gasteiger partial charge in [-0.3, -0.25) is 4.72 Å². The molecule has 10 heteroatoms. The lowest BCUT2D eigenvalue weighted by atomic mass is 9.98. The van der Waals surface area contributed by atoms with Crippen LogP contribution in [0.3, 0.4) is 0 Å². The summed E-state index contributed by atoms with van der Waals surface area (Å²) >= 11 is 0. The van der Waals surface area contributed by atoms with Crippen LogP contribution in [0.5, 0.6) is 11.5 Å². The third-order valence-corrected chi connectivity index (χ3v) is 8.58. The highest BCUT2D eigenvalue weighted by Crippen LogP contribution is 2.33. The SMILES string of the molecule is COc1cc(-c2cc(Nc3ccc(NS(=O)(=O)c4ccc(C)cc4)cc3)ncn2)ccc1OCC1CCN(C)CC1. The standard InChI is InChI=1S/C31H35N5O4S/c1-22-4-11-27(12-5-22)41(37,38)35-26-9-7-25(8-10-26)34-31-19-28(32-21-33-31)24-6-13-29(30(18-24)39-3)40-20-23-14-16-36(2)17-15-23/h4-13,18-19,21,23,35H,14-17,20H2,1-3H3,(H,32,33,34). The maximum absolute atomic E-state index is 12.7. The molecule has 1 aromatic heterocycles. The van der Waals surface area contributed by atoms with Crippen molar-refractivity contribution in [2.75, 3.05) is 43.9 Å². The van der Waals surface area contributed by atoms with Gasteiger partial charge in [0, 0.05) is 23.0 Å². The first-order valence-electron chi connectivity index (χ1n) is 13.6.